The lowest BCUT2D eigenvalue weighted by molar-refractivity contribution is -0.119. The summed E-state index contributed by atoms with van der Waals surface area (Å²) in [6.07, 6.45) is 0.614. The average Bonchev–Trinajstić information content (AvgIpc) is 2.26. The molecule has 0 aliphatic heterocycles. The quantitative estimate of drug-likeness (QED) is 0.824. The van der Waals surface area contributed by atoms with Gasteiger partial charge in [0.2, 0.25) is 0 Å². The van der Waals surface area contributed by atoms with Crippen molar-refractivity contribution >= 4 is 28.1 Å². The Morgan fingerprint density at radius 2 is 2.25 bits per heavy atom. The van der Waals surface area contributed by atoms with Crippen molar-refractivity contribution in [3.63, 3.8) is 0 Å². The molecule has 0 unspecified atom stereocenters. The van der Waals surface area contributed by atoms with Gasteiger partial charge in [-0.1, -0.05) is 0 Å². The maximum Gasteiger partial charge on any atom is 0.255 e. The first-order valence-electron chi connectivity index (χ1n) is 4.33. The van der Waals surface area contributed by atoms with Gasteiger partial charge in [-0.3, -0.25) is 9.59 Å². The molecule has 0 aromatic heterocycles. The molecule has 6 heteroatoms. The number of hydrogen-bond acceptors (Lipinski definition) is 4. The molecule has 16 heavy (non-hydrogen) atoms. The fourth-order valence-electron chi connectivity index (χ4n) is 1.12. The Balaban J connectivity index is 3.14. The van der Waals surface area contributed by atoms with Gasteiger partial charge < -0.3 is 15.2 Å². The number of amides is 1. The monoisotopic (exact) mass is 287 g/mol. The highest BCUT2D eigenvalue weighted by Gasteiger charge is 2.14. The molecule has 1 rings (SSSR count). The Bertz CT molecular complexity index is 420. The van der Waals surface area contributed by atoms with Crippen LogP contribution in [0, 0.1) is 0 Å². The van der Waals surface area contributed by atoms with Gasteiger partial charge in [0.15, 0.2) is 24.4 Å². The van der Waals surface area contributed by atoms with Crippen LogP contribution in [-0.4, -0.2) is 25.9 Å². The minimum atomic E-state index is -0.626. The molecule has 0 saturated heterocycles. The molecule has 0 atom stereocenters. The van der Waals surface area contributed by atoms with E-state index in [0.717, 1.165) is 0 Å². The van der Waals surface area contributed by atoms with Crippen LogP contribution in [-0.2, 0) is 4.79 Å². The minimum absolute atomic E-state index is 0.200. The van der Waals surface area contributed by atoms with Crippen molar-refractivity contribution in [3.8, 4) is 11.5 Å². The number of carbonyl (C=O) groups is 2. The van der Waals surface area contributed by atoms with Crippen LogP contribution in [0.25, 0.3) is 0 Å². The lowest BCUT2D eigenvalue weighted by Crippen LogP contribution is -2.20. The van der Waals surface area contributed by atoms with Crippen molar-refractivity contribution in [1.82, 2.24) is 0 Å². The van der Waals surface area contributed by atoms with E-state index in [0.29, 0.717) is 16.5 Å². The first-order chi connectivity index (χ1) is 7.60. The van der Waals surface area contributed by atoms with Crippen molar-refractivity contribution < 1.29 is 19.1 Å². The smallest absolute Gasteiger partial charge is 0.255 e. The molecule has 2 N–H and O–H groups in total. The van der Waals surface area contributed by atoms with Gasteiger partial charge >= 0.3 is 0 Å². The van der Waals surface area contributed by atoms with Gasteiger partial charge in [0, 0.05) is 4.47 Å². The molecule has 0 spiro atoms. The molecule has 0 aliphatic carbocycles. The fourth-order valence-corrected chi connectivity index (χ4v) is 1.52. The number of halogens is 1. The summed E-state index contributed by atoms with van der Waals surface area (Å²) in [5, 5.41) is 0. The van der Waals surface area contributed by atoms with Crippen molar-refractivity contribution in [2.24, 2.45) is 5.73 Å². The third-order valence-electron chi connectivity index (χ3n) is 1.80. The second-order valence-corrected chi connectivity index (χ2v) is 3.72. The summed E-state index contributed by atoms with van der Waals surface area (Å²) in [5.41, 5.74) is 5.23. The van der Waals surface area contributed by atoms with E-state index < -0.39 is 5.91 Å². The molecule has 0 fully saturated rings. The first kappa shape index (κ1) is 12.5. The molecule has 1 aromatic rings. The molecule has 0 aliphatic rings. The van der Waals surface area contributed by atoms with Gasteiger partial charge in [0.05, 0.1) is 12.7 Å². The Hall–Kier alpha value is -1.56. The van der Waals surface area contributed by atoms with Gasteiger partial charge in [0.1, 0.15) is 0 Å². The van der Waals surface area contributed by atoms with Crippen LogP contribution >= 0.6 is 15.9 Å². The summed E-state index contributed by atoms with van der Waals surface area (Å²) in [7, 11) is 1.44. The maximum absolute atomic E-state index is 10.9. The van der Waals surface area contributed by atoms with Crippen molar-refractivity contribution in [3.05, 3.63) is 22.2 Å². The van der Waals surface area contributed by atoms with Crippen LogP contribution in [0.5, 0.6) is 11.5 Å². The summed E-state index contributed by atoms with van der Waals surface area (Å²) >= 11 is 3.19. The molecule has 0 radical (unpaired) electrons. The summed E-state index contributed by atoms with van der Waals surface area (Å²) in [6, 6.07) is 3.27. The predicted octanol–water partition coefficient (Wildman–Crippen LogP) is 1.13. The zero-order valence-electron chi connectivity index (χ0n) is 8.53. The van der Waals surface area contributed by atoms with E-state index in [2.05, 4.69) is 15.9 Å². The summed E-state index contributed by atoms with van der Waals surface area (Å²) in [4.78, 5) is 21.5. The molecule has 0 saturated carbocycles. The average molecular weight is 288 g/mol. The Kier molecular flexibility index (Phi) is 4.30. The lowest BCUT2D eigenvalue weighted by Gasteiger charge is -2.12. The number of benzene rings is 1. The number of ether oxygens (including phenoxy) is 2. The lowest BCUT2D eigenvalue weighted by atomic mass is 10.2. The minimum Gasteiger partial charge on any atom is -0.493 e. The van der Waals surface area contributed by atoms with Gasteiger partial charge in [-0.15, -0.1) is 0 Å². The third kappa shape index (κ3) is 2.73. The van der Waals surface area contributed by atoms with Gasteiger partial charge in [0.25, 0.3) is 5.91 Å². The van der Waals surface area contributed by atoms with Gasteiger partial charge in [-0.25, -0.2) is 0 Å². The van der Waals surface area contributed by atoms with E-state index in [1.165, 1.54) is 7.11 Å². The summed E-state index contributed by atoms with van der Waals surface area (Å²) in [6.45, 7) is -0.312. The summed E-state index contributed by atoms with van der Waals surface area (Å²) < 4.78 is 10.7. The Morgan fingerprint density at radius 3 is 2.75 bits per heavy atom. The number of primary amides is 1. The number of rotatable bonds is 5. The molecule has 1 amide bonds. The van der Waals surface area contributed by atoms with Crippen molar-refractivity contribution in [2.75, 3.05) is 13.7 Å². The Morgan fingerprint density at radius 1 is 1.56 bits per heavy atom. The highest BCUT2D eigenvalue weighted by atomic mass is 79.9. The van der Waals surface area contributed by atoms with Crippen LogP contribution in [0.15, 0.2) is 16.6 Å². The van der Waals surface area contributed by atoms with E-state index in [1.807, 2.05) is 0 Å². The number of aldehydes is 1. The number of hydrogen-bond donors (Lipinski definition) is 1. The normalized spacial score (nSPS) is 9.62. The largest absolute Gasteiger partial charge is 0.493 e. The van der Waals surface area contributed by atoms with Crippen LogP contribution in [0.1, 0.15) is 10.4 Å². The standard InChI is InChI=1S/C10H10BrNO4/c1-15-8-3-2-7(11)6(4-13)10(8)16-5-9(12)14/h2-4H,5H2,1H3,(H2,12,14). The second kappa shape index (κ2) is 5.50. The van der Waals surface area contributed by atoms with Crippen molar-refractivity contribution in [2.45, 2.75) is 0 Å². The van der Waals surface area contributed by atoms with Crippen molar-refractivity contribution in [1.29, 1.82) is 0 Å². The molecule has 5 nitrogen and oxygen atoms in total. The van der Waals surface area contributed by atoms with Crippen LogP contribution in [0.2, 0.25) is 0 Å². The molecule has 86 valence electrons. The van der Waals surface area contributed by atoms with Crippen LogP contribution < -0.4 is 15.2 Å². The molecular formula is C10H10BrNO4. The van der Waals surface area contributed by atoms with Crippen LogP contribution in [0.4, 0.5) is 0 Å². The predicted molar refractivity (Wildman–Crippen MR) is 60.8 cm³/mol. The second-order valence-electron chi connectivity index (χ2n) is 2.87. The van der Waals surface area contributed by atoms with E-state index in [-0.39, 0.29) is 17.9 Å². The zero-order valence-corrected chi connectivity index (χ0v) is 10.1. The third-order valence-corrected chi connectivity index (χ3v) is 2.49. The SMILES string of the molecule is COc1ccc(Br)c(C=O)c1OCC(N)=O. The van der Waals surface area contributed by atoms with Gasteiger partial charge in [-0.05, 0) is 28.1 Å². The Labute approximate surface area is 101 Å². The number of methoxy groups -OCH3 is 1. The van der Waals surface area contributed by atoms with Crippen LogP contribution in [0.3, 0.4) is 0 Å². The molecule has 0 bridgehead atoms. The van der Waals surface area contributed by atoms with E-state index >= 15 is 0 Å². The first-order valence-corrected chi connectivity index (χ1v) is 5.12. The van der Waals surface area contributed by atoms with E-state index in [4.69, 9.17) is 15.2 Å². The number of carbonyl (C=O) groups excluding carboxylic acids is 2. The van der Waals surface area contributed by atoms with Gasteiger partial charge in [-0.2, -0.15) is 0 Å². The zero-order chi connectivity index (χ0) is 12.1. The highest BCUT2D eigenvalue weighted by Crippen LogP contribution is 2.34. The maximum atomic E-state index is 10.9. The van der Waals surface area contributed by atoms with E-state index in [9.17, 15) is 9.59 Å². The topological polar surface area (TPSA) is 78.6 Å². The fraction of sp³-hybridized carbons (Fsp3) is 0.200. The van der Waals surface area contributed by atoms with E-state index in [1.54, 1.807) is 12.1 Å². The highest BCUT2D eigenvalue weighted by molar-refractivity contribution is 9.10. The molecular weight excluding hydrogens is 278 g/mol. The molecule has 0 heterocycles. The molecule has 1 aromatic carbocycles. The number of nitrogens with two attached hydrogens (primary N) is 1. The summed E-state index contributed by atoms with van der Waals surface area (Å²) in [5.74, 6) is -0.0592.